The van der Waals surface area contributed by atoms with Crippen LogP contribution in [0.1, 0.15) is 25.7 Å². The van der Waals surface area contributed by atoms with E-state index in [-0.39, 0.29) is 0 Å². The maximum absolute atomic E-state index is 5.09. The van der Waals surface area contributed by atoms with Crippen molar-refractivity contribution < 1.29 is 0 Å². The summed E-state index contributed by atoms with van der Waals surface area (Å²) in [4.78, 5) is 0. The van der Waals surface area contributed by atoms with Gasteiger partial charge < -0.3 is 0 Å². The molecule has 0 radical (unpaired) electrons. The number of hydrogen-bond donors (Lipinski definition) is 0. The average molecular weight is 142 g/mol. The highest BCUT2D eigenvalue weighted by molar-refractivity contribution is 7.98. The molecule has 0 heterocycles. The molecule has 0 nitrogen and oxygen atoms in total. The van der Waals surface area contributed by atoms with E-state index in [1.807, 2.05) is 11.8 Å². The first kappa shape index (κ1) is 8.91. The summed E-state index contributed by atoms with van der Waals surface area (Å²) in [7, 11) is 0. The molecule has 0 aliphatic carbocycles. The van der Waals surface area contributed by atoms with Crippen LogP contribution in [0.5, 0.6) is 0 Å². The minimum absolute atomic E-state index is 0.953. The Morgan fingerprint density at radius 2 is 2.11 bits per heavy atom. The standard InChI is InChI=1S/C8H14S/c1-3-4-5-6-7-8-9-2/h1H,4-8H2,2H3. The highest BCUT2D eigenvalue weighted by Gasteiger charge is 1.84. The molecule has 0 aromatic heterocycles. The molecule has 0 aromatic rings. The molecule has 0 saturated heterocycles. The van der Waals surface area contributed by atoms with E-state index in [4.69, 9.17) is 6.42 Å². The summed E-state index contributed by atoms with van der Waals surface area (Å²) in [6.45, 7) is 0. The first-order valence-corrected chi connectivity index (χ1v) is 4.73. The molecule has 0 spiro atoms. The molecule has 0 aliphatic rings. The maximum Gasteiger partial charge on any atom is 0.00860 e. The quantitative estimate of drug-likeness (QED) is 0.420. The first-order valence-electron chi connectivity index (χ1n) is 3.34. The second-order valence-corrected chi connectivity index (χ2v) is 2.99. The number of rotatable bonds is 5. The van der Waals surface area contributed by atoms with Crippen LogP contribution in [0.25, 0.3) is 0 Å². The van der Waals surface area contributed by atoms with Crippen LogP contribution in [-0.4, -0.2) is 12.0 Å². The van der Waals surface area contributed by atoms with Gasteiger partial charge in [-0.2, -0.15) is 11.8 Å². The fraction of sp³-hybridized carbons (Fsp3) is 0.750. The van der Waals surface area contributed by atoms with Crippen LogP contribution >= 0.6 is 11.8 Å². The minimum atomic E-state index is 0.953. The van der Waals surface area contributed by atoms with Crippen molar-refractivity contribution in [3.63, 3.8) is 0 Å². The van der Waals surface area contributed by atoms with E-state index in [2.05, 4.69) is 12.2 Å². The fourth-order valence-corrected chi connectivity index (χ4v) is 1.14. The SMILES string of the molecule is C#CCCCCCSC. The van der Waals surface area contributed by atoms with Gasteiger partial charge in [0.05, 0.1) is 0 Å². The highest BCUT2D eigenvalue weighted by atomic mass is 32.2. The molecule has 0 N–H and O–H groups in total. The van der Waals surface area contributed by atoms with Gasteiger partial charge in [-0.3, -0.25) is 0 Å². The molecule has 0 saturated carbocycles. The van der Waals surface area contributed by atoms with E-state index < -0.39 is 0 Å². The summed E-state index contributed by atoms with van der Waals surface area (Å²) in [5, 5.41) is 0. The molecule has 0 atom stereocenters. The lowest BCUT2D eigenvalue weighted by Gasteiger charge is -1.93. The lowest BCUT2D eigenvalue weighted by Crippen LogP contribution is -1.78. The van der Waals surface area contributed by atoms with E-state index in [1.165, 1.54) is 25.0 Å². The van der Waals surface area contributed by atoms with Gasteiger partial charge in [0.15, 0.2) is 0 Å². The number of terminal acetylenes is 1. The molecule has 1 heteroatoms. The van der Waals surface area contributed by atoms with Crippen LogP contribution in [0.4, 0.5) is 0 Å². The van der Waals surface area contributed by atoms with E-state index in [1.54, 1.807) is 0 Å². The third kappa shape index (κ3) is 7.91. The number of hydrogen-bond acceptors (Lipinski definition) is 1. The Hall–Kier alpha value is -0.0900. The molecule has 0 amide bonds. The fourth-order valence-electron chi connectivity index (χ4n) is 0.650. The van der Waals surface area contributed by atoms with Gasteiger partial charge in [0, 0.05) is 6.42 Å². The number of thioether (sulfide) groups is 1. The molecule has 52 valence electrons. The second kappa shape index (κ2) is 7.91. The van der Waals surface area contributed by atoms with Crippen molar-refractivity contribution in [3.05, 3.63) is 0 Å². The Kier molecular flexibility index (Phi) is 7.83. The van der Waals surface area contributed by atoms with Crippen molar-refractivity contribution in [2.45, 2.75) is 25.7 Å². The monoisotopic (exact) mass is 142 g/mol. The van der Waals surface area contributed by atoms with Crippen LogP contribution in [0.15, 0.2) is 0 Å². The minimum Gasteiger partial charge on any atom is -0.165 e. The first-order chi connectivity index (χ1) is 4.41. The molecular weight excluding hydrogens is 128 g/mol. The molecule has 0 aromatic carbocycles. The number of unbranched alkanes of at least 4 members (excludes halogenated alkanes) is 3. The summed E-state index contributed by atoms with van der Waals surface area (Å²) in [6, 6.07) is 0. The van der Waals surface area contributed by atoms with Crippen molar-refractivity contribution in [1.29, 1.82) is 0 Å². The average Bonchev–Trinajstić information content (AvgIpc) is 1.89. The Morgan fingerprint density at radius 1 is 1.33 bits per heavy atom. The molecule has 0 unspecified atom stereocenters. The van der Waals surface area contributed by atoms with E-state index in [9.17, 15) is 0 Å². The lowest BCUT2D eigenvalue weighted by molar-refractivity contribution is 0.743. The molecule has 0 fully saturated rings. The molecule has 0 bridgehead atoms. The van der Waals surface area contributed by atoms with Crippen molar-refractivity contribution in [3.8, 4) is 12.3 Å². The molecule has 0 aliphatic heterocycles. The van der Waals surface area contributed by atoms with E-state index in [0.29, 0.717) is 0 Å². The van der Waals surface area contributed by atoms with Gasteiger partial charge in [0.2, 0.25) is 0 Å². The predicted molar refractivity (Wildman–Crippen MR) is 45.7 cm³/mol. The third-order valence-corrected chi connectivity index (χ3v) is 1.87. The zero-order valence-corrected chi connectivity index (χ0v) is 6.84. The van der Waals surface area contributed by atoms with Crippen LogP contribution in [-0.2, 0) is 0 Å². The summed E-state index contributed by atoms with van der Waals surface area (Å²) in [5.74, 6) is 3.92. The highest BCUT2D eigenvalue weighted by Crippen LogP contribution is 2.03. The normalized spacial score (nSPS) is 8.89. The van der Waals surface area contributed by atoms with E-state index in [0.717, 1.165) is 6.42 Å². The second-order valence-electron chi connectivity index (χ2n) is 2.01. The van der Waals surface area contributed by atoms with Crippen LogP contribution in [0.3, 0.4) is 0 Å². The van der Waals surface area contributed by atoms with Crippen molar-refractivity contribution in [1.82, 2.24) is 0 Å². The zero-order chi connectivity index (χ0) is 6.95. The molecular formula is C8H14S. The predicted octanol–water partition coefficient (Wildman–Crippen LogP) is 2.54. The largest absolute Gasteiger partial charge is 0.165 e. The van der Waals surface area contributed by atoms with Gasteiger partial charge >= 0.3 is 0 Å². The van der Waals surface area contributed by atoms with Crippen LogP contribution in [0.2, 0.25) is 0 Å². The molecule has 0 rings (SSSR count). The van der Waals surface area contributed by atoms with Gasteiger partial charge in [0.25, 0.3) is 0 Å². The van der Waals surface area contributed by atoms with Crippen LogP contribution in [0, 0.1) is 12.3 Å². The maximum atomic E-state index is 5.09. The summed E-state index contributed by atoms with van der Waals surface area (Å²) in [5.41, 5.74) is 0. The van der Waals surface area contributed by atoms with Gasteiger partial charge in [-0.25, -0.2) is 0 Å². The van der Waals surface area contributed by atoms with Gasteiger partial charge in [-0.05, 0) is 24.9 Å². The Bertz CT molecular complexity index is 81.1. The Morgan fingerprint density at radius 3 is 2.67 bits per heavy atom. The van der Waals surface area contributed by atoms with Gasteiger partial charge in [-0.15, -0.1) is 12.3 Å². The van der Waals surface area contributed by atoms with Gasteiger partial charge in [-0.1, -0.05) is 6.42 Å². The van der Waals surface area contributed by atoms with E-state index >= 15 is 0 Å². The van der Waals surface area contributed by atoms with Crippen molar-refractivity contribution in [2.75, 3.05) is 12.0 Å². The van der Waals surface area contributed by atoms with Crippen molar-refractivity contribution in [2.24, 2.45) is 0 Å². The topological polar surface area (TPSA) is 0 Å². The Labute approximate surface area is 62.4 Å². The van der Waals surface area contributed by atoms with Gasteiger partial charge in [0.1, 0.15) is 0 Å². The third-order valence-electron chi connectivity index (χ3n) is 1.17. The molecule has 9 heavy (non-hydrogen) atoms. The van der Waals surface area contributed by atoms with Crippen molar-refractivity contribution >= 4 is 11.8 Å². The Balaban J connectivity index is 2.69. The summed E-state index contributed by atoms with van der Waals surface area (Å²) < 4.78 is 0. The smallest absolute Gasteiger partial charge is 0.00860 e. The van der Waals surface area contributed by atoms with Crippen LogP contribution < -0.4 is 0 Å². The zero-order valence-electron chi connectivity index (χ0n) is 6.02. The lowest BCUT2D eigenvalue weighted by atomic mass is 10.2. The summed E-state index contributed by atoms with van der Waals surface area (Å²) in [6.07, 6.45) is 12.0. The summed E-state index contributed by atoms with van der Waals surface area (Å²) >= 11 is 1.91.